The average Bonchev–Trinajstić information content (AvgIpc) is 2.00. The lowest BCUT2D eigenvalue weighted by Gasteiger charge is -2.20. The summed E-state index contributed by atoms with van der Waals surface area (Å²) >= 11 is 0. The highest BCUT2D eigenvalue weighted by molar-refractivity contribution is 7.79. The van der Waals surface area contributed by atoms with E-state index in [1.807, 2.05) is 4.90 Å². The summed E-state index contributed by atoms with van der Waals surface area (Å²) < 4.78 is 31.6. The van der Waals surface area contributed by atoms with E-state index in [-0.39, 0.29) is 5.96 Å². The average molecular weight is 241 g/mol. The van der Waals surface area contributed by atoms with E-state index in [1.54, 1.807) is 0 Å². The fourth-order valence-electron chi connectivity index (χ4n) is 0.893. The van der Waals surface area contributed by atoms with Gasteiger partial charge in [0.25, 0.3) is 0 Å². The summed E-state index contributed by atoms with van der Waals surface area (Å²) in [6, 6.07) is 0. The van der Waals surface area contributed by atoms with Gasteiger partial charge in [0.1, 0.15) is 0 Å². The molecule has 5 N–H and O–H groups in total. The van der Waals surface area contributed by atoms with Crippen LogP contribution in [0.3, 0.4) is 0 Å². The smallest absolute Gasteiger partial charge is 0.370 e. The Bertz CT molecular complexity index is 251. The molecule has 0 heterocycles. The van der Waals surface area contributed by atoms with Gasteiger partial charge in [-0.15, -0.1) is 0 Å². The van der Waals surface area contributed by atoms with Gasteiger partial charge in [0.05, 0.1) is 0 Å². The monoisotopic (exact) mass is 241 g/mol. The summed E-state index contributed by atoms with van der Waals surface area (Å²) in [7, 11) is -4.67. The predicted molar refractivity (Wildman–Crippen MR) is 58.2 cm³/mol. The lowest BCUT2D eigenvalue weighted by atomic mass is 10.4. The summed E-state index contributed by atoms with van der Waals surface area (Å²) in [4.78, 5) is 1.89. The van der Waals surface area contributed by atoms with Gasteiger partial charge < -0.3 is 10.6 Å². The Labute approximate surface area is 90.4 Å². The van der Waals surface area contributed by atoms with Crippen LogP contribution in [0.5, 0.6) is 0 Å². The molecule has 0 aliphatic heterocycles. The summed E-state index contributed by atoms with van der Waals surface area (Å²) in [6.07, 6.45) is 2.11. The maximum absolute atomic E-state index is 8.74. The Kier molecular flexibility index (Phi) is 9.33. The van der Waals surface area contributed by atoms with E-state index in [9.17, 15) is 0 Å². The fraction of sp³-hybridized carbons (Fsp3) is 0.857. The molecule has 15 heavy (non-hydrogen) atoms. The van der Waals surface area contributed by atoms with E-state index in [1.165, 1.54) is 0 Å². The van der Waals surface area contributed by atoms with Crippen molar-refractivity contribution in [1.29, 1.82) is 5.41 Å². The normalized spacial score (nSPS) is 10.1. The van der Waals surface area contributed by atoms with Crippen LogP contribution in [-0.4, -0.2) is 41.5 Å². The second-order valence-electron chi connectivity index (χ2n) is 2.82. The van der Waals surface area contributed by atoms with E-state index in [2.05, 4.69) is 13.8 Å². The van der Waals surface area contributed by atoms with Crippen LogP contribution in [0.2, 0.25) is 0 Å². The molecule has 0 spiro atoms. The van der Waals surface area contributed by atoms with Gasteiger partial charge in [0.2, 0.25) is 0 Å². The lowest BCUT2D eigenvalue weighted by molar-refractivity contribution is 0.381. The number of nitrogens with one attached hydrogen (secondary N) is 1. The molecule has 0 saturated heterocycles. The first-order valence-corrected chi connectivity index (χ1v) is 5.90. The zero-order valence-corrected chi connectivity index (χ0v) is 9.79. The molecule has 0 atom stereocenters. The Hall–Kier alpha value is -0.860. The lowest BCUT2D eigenvalue weighted by Crippen LogP contribution is -2.37. The first kappa shape index (κ1) is 16.6. The molecule has 0 bridgehead atoms. The van der Waals surface area contributed by atoms with E-state index in [4.69, 9.17) is 28.7 Å². The molecule has 0 aliphatic carbocycles. The number of guanidine groups is 1. The quantitative estimate of drug-likeness (QED) is 0.319. The largest absolute Gasteiger partial charge is 0.394 e. The van der Waals surface area contributed by atoms with E-state index in [0.29, 0.717) is 0 Å². The van der Waals surface area contributed by atoms with Crippen LogP contribution in [0.4, 0.5) is 0 Å². The van der Waals surface area contributed by atoms with Crippen molar-refractivity contribution in [2.45, 2.75) is 26.7 Å². The summed E-state index contributed by atoms with van der Waals surface area (Å²) in [5.74, 6) is 0.198. The van der Waals surface area contributed by atoms with Crippen LogP contribution in [0.25, 0.3) is 0 Å². The van der Waals surface area contributed by atoms with E-state index >= 15 is 0 Å². The minimum absolute atomic E-state index is 0.198. The molecular weight excluding hydrogens is 222 g/mol. The van der Waals surface area contributed by atoms with Gasteiger partial charge in [0, 0.05) is 13.1 Å². The molecule has 0 radical (unpaired) electrons. The molecule has 0 fully saturated rings. The van der Waals surface area contributed by atoms with Crippen molar-refractivity contribution < 1.29 is 17.5 Å². The number of hydrogen-bond acceptors (Lipinski definition) is 3. The minimum Gasteiger partial charge on any atom is -0.370 e. The summed E-state index contributed by atoms with van der Waals surface area (Å²) in [5.41, 5.74) is 5.32. The first-order chi connectivity index (χ1) is 6.72. The molecule has 0 unspecified atom stereocenters. The highest BCUT2D eigenvalue weighted by atomic mass is 32.3. The number of nitrogens with zero attached hydrogens (tertiary/aromatic N) is 1. The van der Waals surface area contributed by atoms with Crippen LogP contribution in [0, 0.1) is 5.41 Å². The third-order valence-electron chi connectivity index (χ3n) is 1.33. The zero-order valence-electron chi connectivity index (χ0n) is 8.97. The molecule has 0 amide bonds. The minimum atomic E-state index is -4.67. The topological polar surface area (TPSA) is 128 Å². The standard InChI is InChI=1S/C7H17N3.H2O4S/c1-3-5-10(6-4-2)7(8)9;1-5(2,3)4/h3-6H2,1-2H3,(H3,8,9);(H2,1,2,3,4). The molecule has 8 heteroatoms. The molecule has 7 nitrogen and oxygen atoms in total. The molecule has 92 valence electrons. The van der Waals surface area contributed by atoms with Crippen LogP contribution >= 0.6 is 0 Å². The molecule has 0 rings (SSSR count). The highest BCUT2D eigenvalue weighted by Crippen LogP contribution is 1.91. The molecule has 0 aromatic rings. The van der Waals surface area contributed by atoms with Crippen LogP contribution < -0.4 is 5.73 Å². The number of hydrogen-bond donors (Lipinski definition) is 4. The van der Waals surface area contributed by atoms with Crippen LogP contribution in [-0.2, 0) is 10.4 Å². The second kappa shape index (κ2) is 8.45. The summed E-state index contributed by atoms with van der Waals surface area (Å²) in [5, 5.41) is 7.16. The van der Waals surface area contributed by atoms with Gasteiger partial charge in [0.15, 0.2) is 5.96 Å². The Balaban J connectivity index is 0. The molecule has 0 aliphatic rings. The van der Waals surface area contributed by atoms with Crippen LogP contribution in [0.15, 0.2) is 0 Å². The van der Waals surface area contributed by atoms with Crippen LogP contribution in [0.1, 0.15) is 26.7 Å². The molecule has 0 saturated carbocycles. The second-order valence-corrected chi connectivity index (χ2v) is 3.72. The number of rotatable bonds is 4. The molecule has 0 aromatic carbocycles. The fourth-order valence-corrected chi connectivity index (χ4v) is 0.893. The number of nitrogens with two attached hydrogens (primary N) is 1. The van der Waals surface area contributed by atoms with Crippen molar-refractivity contribution in [1.82, 2.24) is 4.90 Å². The Morgan fingerprint density at radius 1 is 1.27 bits per heavy atom. The van der Waals surface area contributed by atoms with E-state index in [0.717, 1.165) is 25.9 Å². The molecular formula is C7H19N3O4S. The van der Waals surface area contributed by atoms with Gasteiger partial charge in [-0.2, -0.15) is 8.42 Å². The Morgan fingerprint density at radius 2 is 1.53 bits per heavy atom. The van der Waals surface area contributed by atoms with Crippen molar-refractivity contribution in [3.63, 3.8) is 0 Å². The van der Waals surface area contributed by atoms with Crippen molar-refractivity contribution >= 4 is 16.4 Å². The predicted octanol–water partition coefficient (Wildman–Crippen LogP) is 0.349. The summed E-state index contributed by atoms with van der Waals surface area (Å²) in [6.45, 7) is 5.99. The SMILES string of the molecule is CCCN(CCC)C(=N)N.O=S(=O)(O)O. The first-order valence-electron chi connectivity index (χ1n) is 4.51. The van der Waals surface area contributed by atoms with Crippen molar-refractivity contribution in [2.24, 2.45) is 5.73 Å². The van der Waals surface area contributed by atoms with Crippen molar-refractivity contribution in [3.05, 3.63) is 0 Å². The zero-order chi connectivity index (χ0) is 12.5. The highest BCUT2D eigenvalue weighted by Gasteiger charge is 2.01. The van der Waals surface area contributed by atoms with Gasteiger partial charge in [-0.3, -0.25) is 14.5 Å². The van der Waals surface area contributed by atoms with Gasteiger partial charge in [-0.25, -0.2) is 0 Å². The van der Waals surface area contributed by atoms with Gasteiger partial charge in [-0.05, 0) is 12.8 Å². The maximum Gasteiger partial charge on any atom is 0.394 e. The van der Waals surface area contributed by atoms with Gasteiger partial charge in [-0.1, -0.05) is 13.8 Å². The van der Waals surface area contributed by atoms with Gasteiger partial charge >= 0.3 is 10.4 Å². The third-order valence-corrected chi connectivity index (χ3v) is 1.33. The maximum atomic E-state index is 8.74. The van der Waals surface area contributed by atoms with Crippen molar-refractivity contribution in [2.75, 3.05) is 13.1 Å². The van der Waals surface area contributed by atoms with E-state index < -0.39 is 10.4 Å². The third kappa shape index (κ3) is 19.5. The Morgan fingerprint density at radius 3 is 1.67 bits per heavy atom. The van der Waals surface area contributed by atoms with Crippen molar-refractivity contribution in [3.8, 4) is 0 Å². The molecule has 0 aromatic heterocycles.